The van der Waals surface area contributed by atoms with Gasteiger partial charge in [-0.15, -0.1) is 0 Å². The Morgan fingerprint density at radius 2 is 1.90 bits per heavy atom. The van der Waals surface area contributed by atoms with Crippen molar-refractivity contribution in [3.8, 4) is 0 Å². The van der Waals surface area contributed by atoms with Crippen LogP contribution in [0.25, 0.3) is 0 Å². The van der Waals surface area contributed by atoms with Gasteiger partial charge in [0, 0.05) is 24.4 Å². The zero-order valence-electron chi connectivity index (χ0n) is 11.2. The largest absolute Gasteiger partial charge is 0.243 e. The summed E-state index contributed by atoms with van der Waals surface area (Å²) in [6.45, 7) is 1.86. The van der Waals surface area contributed by atoms with Gasteiger partial charge in [0.2, 0.25) is 10.0 Å². The Balaban J connectivity index is 2.36. The molecule has 1 fully saturated rings. The van der Waals surface area contributed by atoms with Crippen molar-refractivity contribution in [2.24, 2.45) is 0 Å². The van der Waals surface area contributed by atoms with E-state index >= 15 is 0 Å². The van der Waals surface area contributed by atoms with Crippen molar-refractivity contribution < 1.29 is 16.8 Å². The number of sulfone groups is 1. The van der Waals surface area contributed by atoms with Gasteiger partial charge in [-0.3, -0.25) is 0 Å². The van der Waals surface area contributed by atoms with Crippen molar-refractivity contribution >= 4 is 31.5 Å². The normalized spacial score (nSPS) is 21.2. The minimum atomic E-state index is -3.70. The van der Waals surface area contributed by atoms with Crippen LogP contribution in [-0.2, 0) is 19.9 Å². The van der Waals surface area contributed by atoms with E-state index in [2.05, 4.69) is 0 Å². The molecule has 1 aliphatic rings. The maximum Gasteiger partial charge on any atom is 0.243 e. The molecule has 1 heterocycles. The standard InChI is InChI=1S/C12H16ClNO4S2/c1-9-11(13)4-3-5-12(9)20(17,18)14-7-6-10(8-14)19(2,15)16/h3-5,10H,6-8H2,1-2H3. The second-order valence-electron chi connectivity index (χ2n) is 4.97. The highest BCUT2D eigenvalue weighted by atomic mass is 35.5. The molecular weight excluding hydrogens is 322 g/mol. The highest BCUT2D eigenvalue weighted by Crippen LogP contribution is 2.28. The molecule has 5 nitrogen and oxygen atoms in total. The molecule has 1 saturated heterocycles. The van der Waals surface area contributed by atoms with E-state index in [9.17, 15) is 16.8 Å². The van der Waals surface area contributed by atoms with Crippen LogP contribution in [0.15, 0.2) is 23.1 Å². The Hall–Kier alpha value is -0.630. The van der Waals surface area contributed by atoms with Crippen molar-refractivity contribution in [3.63, 3.8) is 0 Å². The molecule has 2 rings (SSSR count). The molecule has 1 aromatic carbocycles. The summed E-state index contributed by atoms with van der Waals surface area (Å²) in [6.07, 6.45) is 1.47. The topological polar surface area (TPSA) is 71.5 Å². The molecule has 1 unspecified atom stereocenters. The molecule has 8 heteroatoms. The number of hydrogen-bond donors (Lipinski definition) is 0. The quantitative estimate of drug-likeness (QED) is 0.837. The number of benzene rings is 1. The van der Waals surface area contributed by atoms with Crippen molar-refractivity contribution in [3.05, 3.63) is 28.8 Å². The van der Waals surface area contributed by atoms with Gasteiger partial charge < -0.3 is 0 Å². The zero-order chi connectivity index (χ0) is 15.1. The second-order valence-corrected chi connectivity index (χ2v) is 9.61. The first kappa shape index (κ1) is 15.8. The minimum absolute atomic E-state index is 0.00706. The summed E-state index contributed by atoms with van der Waals surface area (Å²) in [5.74, 6) is 0. The number of halogens is 1. The van der Waals surface area contributed by atoms with Crippen molar-refractivity contribution in [1.82, 2.24) is 4.31 Å². The summed E-state index contributed by atoms with van der Waals surface area (Å²) in [5.41, 5.74) is 0.483. The van der Waals surface area contributed by atoms with Crippen molar-refractivity contribution in [2.75, 3.05) is 19.3 Å². The van der Waals surface area contributed by atoms with Crippen LogP contribution in [-0.4, -0.2) is 45.7 Å². The average molecular weight is 338 g/mol. The zero-order valence-corrected chi connectivity index (χ0v) is 13.6. The molecule has 112 valence electrons. The first-order valence-electron chi connectivity index (χ1n) is 6.08. The fraction of sp³-hybridized carbons (Fsp3) is 0.500. The molecule has 1 aliphatic heterocycles. The van der Waals surface area contributed by atoms with E-state index < -0.39 is 25.1 Å². The Labute approximate surface area is 124 Å². The van der Waals surface area contributed by atoms with E-state index in [0.29, 0.717) is 17.0 Å². The highest BCUT2D eigenvalue weighted by Gasteiger charge is 2.37. The number of hydrogen-bond acceptors (Lipinski definition) is 4. The van der Waals surface area contributed by atoms with Gasteiger partial charge in [-0.05, 0) is 31.0 Å². The summed E-state index contributed by atoms with van der Waals surface area (Å²) in [5, 5.41) is -0.248. The maximum absolute atomic E-state index is 12.6. The van der Waals surface area contributed by atoms with Gasteiger partial charge in [-0.25, -0.2) is 16.8 Å². The van der Waals surface area contributed by atoms with Crippen molar-refractivity contribution in [2.45, 2.75) is 23.5 Å². The van der Waals surface area contributed by atoms with Crippen LogP contribution in [0.3, 0.4) is 0 Å². The lowest BCUT2D eigenvalue weighted by Crippen LogP contribution is -2.32. The fourth-order valence-corrected chi connectivity index (χ4v) is 5.33. The number of nitrogens with zero attached hydrogens (tertiary/aromatic N) is 1. The van der Waals surface area contributed by atoms with Gasteiger partial charge in [0.1, 0.15) is 0 Å². The van der Waals surface area contributed by atoms with E-state index in [1.54, 1.807) is 19.1 Å². The van der Waals surface area contributed by atoms with Crippen molar-refractivity contribution in [1.29, 1.82) is 0 Å². The lowest BCUT2D eigenvalue weighted by Gasteiger charge is -2.18. The predicted molar refractivity (Wildman–Crippen MR) is 78.2 cm³/mol. The van der Waals surface area contributed by atoms with E-state index in [0.717, 1.165) is 6.26 Å². The molecular formula is C12H16ClNO4S2. The summed E-state index contributed by atoms with van der Waals surface area (Å²) in [4.78, 5) is 0.138. The third-order valence-electron chi connectivity index (χ3n) is 3.55. The molecule has 0 N–H and O–H groups in total. The molecule has 0 aromatic heterocycles. The fourth-order valence-electron chi connectivity index (χ4n) is 2.27. The summed E-state index contributed by atoms with van der Waals surface area (Å²) in [7, 11) is -6.93. The van der Waals surface area contributed by atoms with Crippen LogP contribution >= 0.6 is 11.6 Å². The third kappa shape index (κ3) is 2.86. The number of sulfonamides is 1. The summed E-state index contributed by atoms with van der Waals surface area (Å²) in [6, 6.07) is 4.69. The van der Waals surface area contributed by atoms with E-state index in [4.69, 9.17) is 11.6 Å². The van der Waals surface area contributed by atoms with Crippen LogP contribution in [0, 0.1) is 6.92 Å². The molecule has 1 atom stereocenters. The molecule has 0 amide bonds. The SMILES string of the molecule is Cc1c(Cl)cccc1S(=O)(=O)N1CCC(S(C)(=O)=O)C1. The van der Waals surface area contributed by atoms with E-state index in [1.807, 2.05) is 0 Å². The Morgan fingerprint density at radius 1 is 1.25 bits per heavy atom. The smallest absolute Gasteiger partial charge is 0.229 e. The Kier molecular flexibility index (Phi) is 4.17. The van der Waals surface area contributed by atoms with Crippen LogP contribution in [0.5, 0.6) is 0 Å². The van der Waals surface area contributed by atoms with Gasteiger partial charge in [-0.2, -0.15) is 4.31 Å². The van der Waals surface area contributed by atoms with E-state index in [-0.39, 0.29) is 18.0 Å². The number of rotatable bonds is 3. The molecule has 0 radical (unpaired) electrons. The summed E-state index contributed by atoms with van der Waals surface area (Å²) < 4.78 is 49.4. The summed E-state index contributed by atoms with van der Waals surface area (Å²) >= 11 is 5.95. The van der Waals surface area contributed by atoms with Crippen LogP contribution in [0.2, 0.25) is 5.02 Å². The molecule has 0 aliphatic carbocycles. The molecule has 20 heavy (non-hydrogen) atoms. The maximum atomic E-state index is 12.6. The second kappa shape index (κ2) is 5.29. The lowest BCUT2D eigenvalue weighted by atomic mass is 10.2. The van der Waals surface area contributed by atoms with Gasteiger partial charge >= 0.3 is 0 Å². The third-order valence-corrected chi connectivity index (χ3v) is 7.56. The first-order chi connectivity index (χ1) is 9.14. The first-order valence-corrected chi connectivity index (χ1v) is 9.85. The van der Waals surface area contributed by atoms with Gasteiger partial charge in [-0.1, -0.05) is 17.7 Å². The molecule has 0 spiro atoms. The van der Waals surface area contributed by atoms with Crippen LogP contribution in [0.1, 0.15) is 12.0 Å². The van der Waals surface area contributed by atoms with Gasteiger partial charge in [0.15, 0.2) is 9.84 Å². The predicted octanol–water partition coefficient (Wildman–Crippen LogP) is 1.46. The van der Waals surface area contributed by atoms with Crippen LogP contribution < -0.4 is 0 Å². The van der Waals surface area contributed by atoms with E-state index in [1.165, 1.54) is 10.4 Å². The molecule has 0 saturated carbocycles. The van der Waals surface area contributed by atoms with Crippen LogP contribution in [0.4, 0.5) is 0 Å². The average Bonchev–Trinajstić information content (AvgIpc) is 2.82. The monoisotopic (exact) mass is 337 g/mol. The van der Waals surface area contributed by atoms with Gasteiger partial charge in [0.25, 0.3) is 0 Å². The van der Waals surface area contributed by atoms with Gasteiger partial charge in [0.05, 0.1) is 10.1 Å². The minimum Gasteiger partial charge on any atom is -0.229 e. The highest BCUT2D eigenvalue weighted by molar-refractivity contribution is 7.91. The Bertz CT molecular complexity index is 728. The molecule has 0 bridgehead atoms. The lowest BCUT2D eigenvalue weighted by molar-refractivity contribution is 0.476. The Morgan fingerprint density at radius 3 is 2.45 bits per heavy atom. The molecule has 1 aromatic rings.